The topological polar surface area (TPSA) is 54.2 Å². The van der Waals surface area contributed by atoms with E-state index in [2.05, 4.69) is 28.3 Å². The highest BCUT2D eigenvalue weighted by molar-refractivity contribution is 5.54. The van der Waals surface area contributed by atoms with Gasteiger partial charge in [0.15, 0.2) is 0 Å². The number of hydrazine groups is 1. The first kappa shape index (κ1) is 12.2. The molecular weight excluding hydrogens is 212 g/mol. The van der Waals surface area contributed by atoms with Gasteiger partial charge in [0.1, 0.15) is 5.82 Å². The first-order valence-electron chi connectivity index (χ1n) is 6.54. The minimum atomic E-state index is 0.682. The number of piperidine rings is 1. The summed E-state index contributed by atoms with van der Waals surface area (Å²) in [5.41, 5.74) is 3.86. The number of nitrogens with one attached hydrogen (secondary N) is 1. The van der Waals surface area contributed by atoms with Crippen LogP contribution in [-0.2, 0) is 0 Å². The van der Waals surface area contributed by atoms with Gasteiger partial charge in [-0.15, -0.1) is 0 Å². The summed E-state index contributed by atoms with van der Waals surface area (Å²) < 4.78 is 0. The van der Waals surface area contributed by atoms with Gasteiger partial charge in [0.05, 0.1) is 0 Å². The molecule has 0 radical (unpaired) electrons. The van der Waals surface area contributed by atoms with Crippen LogP contribution in [0.2, 0.25) is 0 Å². The van der Waals surface area contributed by atoms with E-state index in [-0.39, 0.29) is 0 Å². The van der Waals surface area contributed by atoms with E-state index in [0.29, 0.717) is 6.04 Å². The SMILES string of the molecule is CCCC1CCCCN1c1ccnc(NN)c1. The van der Waals surface area contributed by atoms with Crippen LogP contribution in [0, 0.1) is 0 Å². The largest absolute Gasteiger partial charge is 0.368 e. The molecule has 1 saturated heterocycles. The Labute approximate surface area is 103 Å². The quantitative estimate of drug-likeness (QED) is 0.621. The number of hydrogen-bond donors (Lipinski definition) is 2. The molecule has 0 bridgehead atoms. The zero-order chi connectivity index (χ0) is 12.1. The molecule has 1 unspecified atom stereocenters. The molecule has 2 rings (SSSR count). The fourth-order valence-corrected chi connectivity index (χ4v) is 2.65. The zero-order valence-corrected chi connectivity index (χ0v) is 10.5. The predicted molar refractivity (Wildman–Crippen MR) is 71.9 cm³/mol. The highest BCUT2D eigenvalue weighted by atomic mass is 15.3. The molecule has 4 nitrogen and oxygen atoms in total. The number of hydrogen-bond acceptors (Lipinski definition) is 4. The van der Waals surface area contributed by atoms with Gasteiger partial charge < -0.3 is 10.3 Å². The van der Waals surface area contributed by atoms with Crippen LogP contribution in [0.3, 0.4) is 0 Å². The second kappa shape index (κ2) is 5.87. The summed E-state index contributed by atoms with van der Waals surface area (Å²) in [5, 5.41) is 0. The van der Waals surface area contributed by atoms with E-state index in [0.717, 1.165) is 12.4 Å². The molecule has 1 aliphatic rings. The van der Waals surface area contributed by atoms with Crippen molar-refractivity contribution in [2.75, 3.05) is 16.9 Å². The van der Waals surface area contributed by atoms with E-state index in [4.69, 9.17) is 5.84 Å². The summed E-state index contributed by atoms with van der Waals surface area (Å²) in [6.45, 7) is 3.41. The molecule has 0 amide bonds. The van der Waals surface area contributed by atoms with Crippen LogP contribution in [0.15, 0.2) is 18.3 Å². The van der Waals surface area contributed by atoms with Crippen LogP contribution in [0.4, 0.5) is 11.5 Å². The maximum absolute atomic E-state index is 5.41. The molecule has 1 aromatic rings. The lowest BCUT2D eigenvalue weighted by atomic mass is 9.97. The van der Waals surface area contributed by atoms with Crippen molar-refractivity contribution in [1.82, 2.24) is 4.98 Å². The zero-order valence-electron chi connectivity index (χ0n) is 10.5. The Balaban J connectivity index is 2.16. The van der Waals surface area contributed by atoms with E-state index >= 15 is 0 Å². The summed E-state index contributed by atoms with van der Waals surface area (Å²) in [5.74, 6) is 6.15. The lowest BCUT2D eigenvalue weighted by molar-refractivity contribution is 0.435. The Kier molecular flexibility index (Phi) is 4.20. The summed E-state index contributed by atoms with van der Waals surface area (Å²) in [7, 11) is 0. The van der Waals surface area contributed by atoms with E-state index < -0.39 is 0 Å². The molecule has 0 aromatic carbocycles. The van der Waals surface area contributed by atoms with Gasteiger partial charge in [0.2, 0.25) is 0 Å². The van der Waals surface area contributed by atoms with E-state index in [1.54, 1.807) is 0 Å². The van der Waals surface area contributed by atoms with Gasteiger partial charge >= 0.3 is 0 Å². The first-order valence-corrected chi connectivity index (χ1v) is 6.54. The Morgan fingerprint density at radius 2 is 2.41 bits per heavy atom. The van der Waals surface area contributed by atoms with Gasteiger partial charge in [-0.3, -0.25) is 0 Å². The molecule has 0 spiro atoms. The standard InChI is InChI=1S/C13H22N4/c1-2-5-11-6-3-4-9-17(11)12-7-8-15-13(10-12)16-14/h7-8,10-11H,2-6,9,14H2,1H3,(H,15,16). The second-order valence-electron chi connectivity index (χ2n) is 4.68. The minimum absolute atomic E-state index is 0.682. The third-order valence-electron chi connectivity index (χ3n) is 3.47. The van der Waals surface area contributed by atoms with Gasteiger partial charge in [-0.2, -0.15) is 0 Å². The fraction of sp³-hybridized carbons (Fsp3) is 0.615. The Hall–Kier alpha value is -1.29. The van der Waals surface area contributed by atoms with Gasteiger partial charge in [-0.25, -0.2) is 10.8 Å². The van der Waals surface area contributed by atoms with Gasteiger partial charge in [-0.1, -0.05) is 13.3 Å². The number of pyridine rings is 1. The van der Waals surface area contributed by atoms with Crippen LogP contribution < -0.4 is 16.2 Å². The summed E-state index contributed by atoms with van der Waals surface area (Å²) >= 11 is 0. The molecule has 1 aliphatic heterocycles. The summed E-state index contributed by atoms with van der Waals surface area (Å²) in [6, 6.07) is 4.80. The summed E-state index contributed by atoms with van der Waals surface area (Å²) in [6.07, 6.45) is 8.29. The molecule has 2 heterocycles. The number of nitrogens with two attached hydrogens (primary N) is 1. The lowest BCUT2D eigenvalue weighted by Crippen LogP contribution is -2.39. The maximum Gasteiger partial charge on any atom is 0.141 e. The van der Waals surface area contributed by atoms with Crippen molar-refractivity contribution in [3.05, 3.63) is 18.3 Å². The fourth-order valence-electron chi connectivity index (χ4n) is 2.65. The average Bonchev–Trinajstić information content (AvgIpc) is 2.40. The molecule has 1 aromatic heterocycles. The van der Waals surface area contributed by atoms with Crippen molar-refractivity contribution in [3.63, 3.8) is 0 Å². The highest BCUT2D eigenvalue weighted by Crippen LogP contribution is 2.27. The molecular formula is C13H22N4. The third kappa shape index (κ3) is 2.88. The predicted octanol–water partition coefficient (Wildman–Crippen LogP) is 2.53. The maximum atomic E-state index is 5.41. The van der Waals surface area contributed by atoms with E-state index in [9.17, 15) is 0 Å². The molecule has 1 atom stereocenters. The highest BCUT2D eigenvalue weighted by Gasteiger charge is 2.21. The van der Waals surface area contributed by atoms with Crippen molar-refractivity contribution in [2.45, 2.75) is 45.1 Å². The van der Waals surface area contributed by atoms with Crippen molar-refractivity contribution < 1.29 is 0 Å². The number of aromatic nitrogens is 1. The Morgan fingerprint density at radius 3 is 3.18 bits per heavy atom. The number of rotatable bonds is 4. The van der Waals surface area contributed by atoms with E-state index in [1.807, 2.05) is 12.3 Å². The van der Waals surface area contributed by atoms with Gasteiger partial charge in [-0.05, 0) is 31.7 Å². The monoisotopic (exact) mass is 234 g/mol. The minimum Gasteiger partial charge on any atom is -0.368 e. The molecule has 0 aliphatic carbocycles. The van der Waals surface area contributed by atoms with Gasteiger partial charge in [0.25, 0.3) is 0 Å². The molecule has 94 valence electrons. The summed E-state index contributed by atoms with van der Waals surface area (Å²) in [4.78, 5) is 6.67. The van der Waals surface area contributed by atoms with Crippen molar-refractivity contribution >= 4 is 11.5 Å². The van der Waals surface area contributed by atoms with Crippen molar-refractivity contribution in [3.8, 4) is 0 Å². The first-order chi connectivity index (χ1) is 8.35. The number of anilines is 2. The molecule has 17 heavy (non-hydrogen) atoms. The van der Waals surface area contributed by atoms with Crippen LogP contribution in [0.25, 0.3) is 0 Å². The lowest BCUT2D eigenvalue weighted by Gasteiger charge is -2.37. The van der Waals surface area contributed by atoms with Crippen molar-refractivity contribution in [2.24, 2.45) is 5.84 Å². The second-order valence-corrected chi connectivity index (χ2v) is 4.68. The van der Waals surface area contributed by atoms with Crippen LogP contribution in [0.5, 0.6) is 0 Å². The van der Waals surface area contributed by atoms with Gasteiger partial charge in [0, 0.05) is 30.5 Å². The van der Waals surface area contributed by atoms with E-state index in [1.165, 1.54) is 37.8 Å². The third-order valence-corrected chi connectivity index (χ3v) is 3.47. The van der Waals surface area contributed by atoms with Crippen LogP contribution in [-0.4, -0.2) is 17.6 Å². The molecule has 1 fully saturated rings. The van der Waals surface area contributed by atoms with Crippen molar-refractivity contribution in [1.29, 1.82) is 0 Å². The molecule has 0 saturated carbocycles. The molecule has 4 heteroatoms. The normalized spacial score (nSPS) is 20.4. The van der Waals surface area contributed by atoms with Crippen LogP contribution in [0.1, 0.15) is 39.0 Å². The average molecular weight is 234 g/mol. The number of nitrogen functional groups attached to an aromatic ring is 1. The molecule has 3 N–H and O–H groups in total. The van der Waals surface area contributed by atoms with Crippen LogP contribution >= 0.6 is 0 Å². The Morgan fingerprint density at radius 1 is 1.53 bits per heavy atom. The number of nitrogens with zero attached hydrogens (tertiary/aromatic N) is 2. The smallest absolute Gasteiger partial charge is 0.141 e. The Bertz CT molecular complexity index is 351.